The van der Waals surface area contributed by atoms with Crippen molar-refractivity contribution in [2.24, 2.45) is 11.8 Å². The number of aromatic nitrogens is 5. The van der Waals surface area contributed by atoms with E-state index in [-0.39, 0.29) is 0 Å². The summed E-state index contributed by atoms with van der Waals surface area (Å²) in [7, 11) is 0. The predicted molar refractivity (Wildman–Crippen MR) is 142 cm³/mol. The lowest BCUT2D eigenvalue weighted by atomic mass is 9.79. The Bertz CT molecular complexity index is 1450. The maximum atomic E-state index is 5.31. The standard InChI is InChI=1S/C29H33N7/c1-2-18(3-1)23-15-31-16-25-26(23)29(36-10-8-30-9-11-36)35-28(34-25)20-6-7-32-27-22(20)14-24(33-27)21-13-17-4-5-19(21)12-17/h6-7,14-19,21,30H,1-5,8-13H2,(H,32,33)/t17-,19+,21-/m0/s1. The lowest BCUT2D eigenvalue weighted by Crippen LogP contribution is -2.44. The van der Waals surface area contributed by atoms with Gasteiger partial charge in [0.2, 0.25) is 0 Å². The first-order chi connectivity index (χ1) is 17.8. The van der Waals surface area contributed by atoms with Gasteiger partial charge < -0.3 is 15.2 Å². The molecule has 0 unspecified atom stereocenters. The van der Waals surface area contributed by atoms with Crippen LogP contribution in [0.5, 0.6) is 0 Å². The van der Waals surface area contributed by atoms with Crippen molar-refractivity contribution in [1.82, 2.24) is 30.2 Å². The van der Waals surface area contributed by atoms with Crippen molar-refractivity contribution in [1.29, 1.82) is 0 Å². The van der Waals surface area contributed by atoms with Gasteiger partial charge in [0, 0.05) is 66.5 Å². The molecule has 8 rings (SSSR count). The number of rotatable bonds is 4. The van der Waals surface area contributed by atoms with Gasteiger partial charge in [-0.2, -0.15) is 0 Å². The van der Waals surface area contributed by atoms with Gasteiger partial charge in [-0.3, -0.25) is 4.98 Å². The number of piperazine rings is 1. The van der Waals surface area contributed by atoms with Crippen LogP contribution in [0.2, 0.25) is 0 Å². The van der Waals surface area contributed by atoms with Gasteiger partial charge in [-0.05, 0) is 67.6 Å². The van der Waals surface area contributed by atoms with Gasteiger partial charge in [0.15, 0.2) is 5.82 Å². The molecule has 4 aliphatic rings. The zero-order valence-electron chi connectivity index (χ0n) is 20.7. The quantitative estimate of drug-likeness (QED) is 0.421. The van der Waals surface area contributed by atoms with E-state index in [1.165, 1.54) is 61.6 Å². The Morgan fingerprint density at radius 2 is 1.89 bits per heavy atom. The molecule has 36 heavy (non-hydrogen) atoms. The molecule has 4 aromatic rings. The second kappa shape index (κ2) is 8.23. The van der Waals surface area contributed by atoms with Crippen molar-refractivity contribution in [2.75, 3.05) is 31.1 Å². The molecular weight excluding hydrogens is 446 g/mol. The Morgan fingerprint density at radius 3 is 2.67 bits per heavy atom. The van der Waals surface area contributed by atoms with E-state index in [0.717, 1.165) is 71.8 Å². The molecule has 0 aromatic carbocycles. The predicted octanol–water partition coefficient (Wildman–Crippen LogP) is 5.15. The zero-order valence-corrected chi connectivity index (χ0v) is 20.7. The summed E-state index contributed by atoms with van der Waals surface area (Å²) in [5, 5.41) is 5.85. The highest BCUT2D eigenvalue weighted by molar-refractivity contribution is 5.97. The third kappa shape index (κ3) is 3.28. The maximum absolute atomic E-state index is 5.31. The van der Waals surface area contributed by atoms with E-state index in [1.54, 1.807) is 0 Å². The van der Waals surface area contributed by atoms with Gasteiger partial charge >= 0.3 is 0 Å². The van der Waals surface area contributed by atoms with Gasteiger partial charge in [-0.15, -0.1) is 0 Å². The van der Waals surface area contributed by atoms with E-state index < -0.39 is 0 Å². The second-order valence-corrected chi connectivity index (χ2v) is 11.5. The minimum absolute atomic E-state index is 0.582. The van der Waals surface area contributed by atoms with Crippen molar-refractivity contribution < 1.29 is 0 Å². The van der Waals surface area contributed by atoms with E-state index >= 15 is 0 Å². The van der Waals surface area contributed by atoms with Gasteiger partial charge in [0.05, 0.1) is 11.7 Å². The molecule has 3 saturated carbocycles. The Balaban J connectivity index is 1.28. The van der Waals surface area contributed by atoms with E-state index in [1.807, 2.05) is 12.4 Å². The lowest BCUT2D eigenvalue weighted by Gasteiger charge is -2.32. The largest absolute Gasteiger partial charge is 0.353 e. The molecule has 3 atom stereocenters. The number of fused-ring (bicyclic) bond motifs is 4. The number of pyridine rings is 2. The van der Waals surface area contributed by atoms with Crippen molar-refractivity contribution in [3.05, 3.63) is 42.0 Å². The number of nitrogens with one attached hydrogen (secondary N) is 2. The van der Waals surface area contributed by atoms with Crippen LogP contribution >= 0.6 is 0 Å². The molecule has 1 aliphatic heterocycles. The average molecular weight is 480 g/mol. The summed E-state index contributed by atoms with van der Waals surface area (Å²) in [5.41, 5.74) is 5.68. The Kier molecular flexibility index (Phi) is 4.82. The highest BCUT2D eigenvalue weighted by Crippen LogP contribution is 2.53. The number of hydrogen-bond donors (Lipinski definition) is 2. The van der Waals surface area contributed by atoms with E-state index in [9.17, 15) is 0 Å². The Hall–Kier alpha value is -3.06. The van der Waals surface area contributed by atoms with E-state index in [2.05, 4.69) is 38.5 Å². The minimum atomic E-state index is 0.582. The fourth-order valence-electron chi connectivity index (χ4n) is 7.41. The number of aromatic amines is 1. The fourth-order valence-corrected chi connectivity index (χ4v) is 7.41. The van der Waals surface area contributed by atoms with Crippen LogP contribution in [0.4, 0.5) is 5.82 Å². The molecule has 0 radical (unpaired) electrons. The molecule has 184 valence electrons. The normalized spacial score (nSPS) is 26.2. The van der Waals surface area contributed by atoms with Crippen molar-refractivity contribution >= 4 is 27.8 Å². The first-order valence-electron chi connectivity index (χ1n) is 13.9. The molecule has 7 nitrogen and oxygen atoms in total. The summed E-state index contributed by atoms with van der Waals surface area (Å²) in [6.45, 7) is 3.88. The van der Waals surface area contributed by atoms with Crippen LogP contribution < -0.4 is 10.2 Å². The smallest absolute Gasteiger partial charge is 0.163 e. The van der Waals surface area contributed by atoms with Crippen LogP contribution in [-0.4, -0.2) is 51.1 Å². The highest BCUT2D eigenvalue weighted by atomic mass is 15.2. The van der Waals surface area contributed by atoms with Gasteiger partial charge in [0.1, 0.15) is 11.5 Å². The molecule has 3 aliphatic carbocycles. The van der Waals surface area contributed by atoms with Crippen LogP contribution in [0.25, 0.3) is 33.3 Å². The first-order valence-corrected chi connectivity index (χ1v) is 13.9. The van der Waals surface area contributed by atoms with Crippen LogP contribution in [0.1, 0.15) is 68.0 Å². The van der Waals surface area contributed by atoms with Crippen molar-refractivity contribution in [3.63, 3.8) is 0 Å². The lowest BCUT2D eigenvalue weighted by molar-refractivity contribution is 0.414. The molecule has 0 amide bonds. The maximum Gasteiger partial charge on any atom is 0.163 e. The summed E-state index contributed by atoms with van der Waals surface area (Å²) < 4.78 is 0. The molecule has 7 heteroatoms. The summed E-state index contributed by atoms with van der Waals surface area (Å²) >= 11 is 0. The molecule has 2 N–H and O–H groups in total. The second-order valence-electron chi connectivity index (χ2n) is 11.5. The average Bonchev–Trinajstić information content (AvgIpc) is 3.63. The van der Waals surface area contributed by atoms with Crippen LogP contribution in [-0.2, 0) is 0 Å². The molecule has 1 saturated heterocycles. The monoisotopic (exact) mass is 479 g/mol. The first kappa shape index (κ1) is 21.1. The summed E-state index contributed by atoms with van der Waals surface area (Å²) in [4.78, 5) is 25.9. The number of nitrogens with zero attached hydrogens (tertiary/aromatic N) is 5. The highest BCUT2D eigenvalue weighted by Gasteiger charge is 2.41. The van der Waals surface area contributed by atoms with Gasteiger partial charge in [-0.25, -0.2) is 15.0 Å². The molecule has 0 spiro atoms. The Labute approximate surface area is 211 Å². The van der Waals surface area contributed by atoms with Crippen molar-refractivity contribution in [3.8, 4) is 11.4 Å². The third-order valence-corrected chi connectivity index (χ3v) is 9.51. The van der Waals surface area contributed by atoms with Crippen LogP contribution in [0.15, 0.2) is 30.7 Å². The van der Waals surface area contributed by atoms with E-state index in [4.69, 9.17) is 15.0 Å². The van der Waals surface area contributed by atoms with Crippen molar-refractivity contribution in [2.45, 2.75) is 56.8 Å². The van der Waals surface area contributed by atoms with E-state index in [0.29, 0.717) is 11.8 Å². The summed E-state index contributed by atoms with van der Waals surface area (Å²) in [6, 6.07) is 4.44. The molecule has 2 bridgehead atoms. The van der Waals surface area contributed by atoms with Crippen LogP contribution in [0, 0.1) is 11.8 Å². The topological polar surface area (TPSA) is 82.6 Å². The van der Waals surface area contributed by atoms with Crippen LogP contribution in [0.3, 0.4) is 0 Å². The SMILES string of the molecule is c1cc(-c2nc(N3CCNCC3)c3c(C4CCC4)cncc3n2)c2cc([C@H]3C[C@H]4CC[C@@H]3C4)[nH]c2n1. The minimum Gasteiger partial charge on any atom is -0.353 e. The molecule has 4 fully saturated rings. The molecule has 4 aromatic heterocycles. The number of H-pyrrole nitrogens is 1. The number of anilines is 1. The van der Waals surface area contributed by atoms with Gasteiger partial charge in [0.25, 0.3) is 0 Å². The third-order valence-electron chi connectivity index (χ3n) is 9.51. The molecular formula is C29H33N7. The Morgan fingerprint density at radius 1 is 0.972 bits per heavy atom. The fraction of sp³-hybridized carbons (Fsp3) is 0.517. The zero-order chi connectivity index (χ0) is 23.6. The summed E-state index contributed by atoms with van der Waals surface area (Å²) in [6.07, 6.45) is 15.2. The number of hydrogen-bond acceptors (Lipinski definition) is 6. The van der Waals surface area contributed by atoms with Gasteiger partial charge in [-0.1, -0.05) is 12.8 Å². The summed E-state index contributed by atoms with van der Waals surface area (Å²) in [5.74, 6) is 4.84. The molecule has 5 heterocycles.